The first-order valence-electron chi connectivity index (χ1n) is 12.4. The molecule has 1 aliphatic rings. The van der Waals surface area contributed by atoms with Gasteiger partial charge in [-0.15, -0.1) is 0 Å². The van der Waals surface area contributed by atoms with Crippen LogP contribution in [0.4, 0.5) is 9.52 Å². The van der Waals surface area contributed by atoms with Gasteiger partial charge in [-0.1, -0.05) is 30.1 Å². The molecular formula is C30H25FN2O6S. The monoisotopic (exact) mass is 560 g/mol. The van der Waals surface area contributed by atoms with E-state index in [-0.39, 0.29) is 22.9 Å². The number of ether oxygens (including phenoxy) is 3. The number of nitrogens with zero attached hydrogens (tertiary/aromatic N) is 2. The van der Waals surface area contributed by atoms with Crippen molar-refractivity contribution in [1.82, 2.24) is 4.98 Å². The third-order valence-electron chi connectivity index (χ3n) is 6.29. The molecule has 10 heteroatoms. The average molecular weight is 561 g/mol. The number of rotatable bonds is 9. The molecule has 1 fully saturated rings. The van der Waals surface area contributed by atoms with E-state index in [9.17, 15) is 19.1 Å². The van der Waals surface area contributed by atoms with Gasteiger partial charge in [-0.05, 0) is 67.1 Å². The fourth-order valence-corrected chi connectivity index (χ4v) is 5.48. The van der Waals surface area contributed by atoms with Gasteiger partial charge in [-0.3, -0.25) is 14.5 Å². The number of methoxy groups -OCH3 is 1. The summed E-state index contributed by atoms with van der Waals surface area (Å²) < 4.78 is 31.2. The molecule has 0 saturated carbocycles. The molecule has 0 aliphatic carbocycles. The first-order valence-corrected chi connectivity index (χ1v) is 13.2. The number of hydrogen-bond donors (Lipinski definition) is 1. The molecule has 2 heterocycles. The maximum absolute atomic E-state index is 13.6. The Bertz CT molecular complexity index is 1650. The smallest absolute Gasteiger partial charge is 0.301 e. The lowest BCUT2D eigenvalue weighted by Gasteiger charge is -2.24. The maximum Gasteiger partial charge on any atom is 0.301 e. The third kappa shape index (κ3) is 4.89. The second-order valence-corrected chi connectivity index (χ2v) is 9.75. The Morgan fingerprint density at radius 1 is 1.10 bits per heavy atom. The molecule has 40 heavy (non-hydrogen) atoms. The number of amides is 1. The van der Waals surface area contributed by atoms with Crippen molar-refractivity contribution in [3.8, 4) is 17.2 Å². The zero-order valence-corrected chi connectivity index (χ0v) is 22.5. The lowest BCUT2D eigenvalue weighted by molar-refractivity contribution is -0.132. The fraction of sp³-hybridized carbons (Fsp3) is 0.167. The highest BCUT2D eigenvalue weighted by molar-refractivity contribution is 7.22. The number of anilines is 1. The molecule has 8 nitrogen and oxygen atoms in total. The number of halogens is 1. The third-order valence-corrected chi connectivity index (χ3v) is 7.31. The number of fused-ring (bicyclic) bond motifs is 1. The van der Waals surface area contributed by atoms with E-state index in [1.54, 1.807) is 49.6 Å². The second-order valence-electron chi connectivity index (χ2n) is 8.74. The van der Waals surface area contributed by atoms with Crippen molar-refractivity contribution in [2.24, 2.45) is 0 Å². The van der Waals surface area contributed by atoms with Gasteiger partial charge in [-0.25, -0.2) is 9.37 Å². The SMILES string of the molecule is C=CCOc1ccc(C2C(=C(O)c3ccc(F)cc3)C(=O)C(=O)N2c2nc3ccc(OC)cc3s2)cc1OCC. The molecule has 1 amide bonds. The highest BCUT2D eigenvalue weighted by Gasteiger charge is 2.48. The molecular weight excluding hydrogens is 535 g/mol. The number of aliphatic hydroxyl groups is 1. The summed E-state index contributed by atoms with van der Waals surface area (Å²) in [5, 5.41) is 11.6. The van der Waals surface area contributed by atoms with Crippen LogP contribution in [0.3, 0.4) is 0 Å². The molecule has 0 radical (unpaired) electrons. The Morgan fingerprint density at radius 2 is 1.88 bits per heavy atom. The van der Waals surface area contributed by atoms with E-state index in [0.717, 1.165) is 4.70 Å². The van der Waals surface area contributed by atoms with Crippen molar-refractivity contribution in [3.05, 3.63) is 95.8 Å². The largest absolute Gasteiger partial charge is 0.507 e. The van der Waals surface area contributed by atoms with Crippen LogP contribution in [0.15, 0.2) is 78.9 Å². The standard InChI is InChI=1S/C30H25FN2O6S/c1-4-14-39-22-13-8-18(15-23(22)38-5-2)26-25(27(34)17-6-9-19(31)10-7-17)28(35)29(36)33(26)30-32-21-12-11-20(37-3)16-24(21)40-30/h4,6-13,15-16,26,34H,1,5,14H2,2-3H3. The summed E-state index contributed by atoms with van der Waals surface area (Å²) in [5.74, 6) is -1.22. The molecule has 1 aromatic heterocycles. The van der Waals surface area contributed by atoms with Crippen molar-refractivity contribution >= 4 is 44.1 Å². The van der Waals surface area contributed by atoms with Gasteiger partial charge in [0.1, 0.15) is 23.9 Å². The summed E-state index contributed by atoms with van der Waals surface area (Å²) in [6.07, 6.45) is 1.60. The average Bonchev–Trinajstić information content (AvgIpc) is 3.49. The van der Waals surface area contributed by atoms with Crippen LogP contribution in [-0.2, 0) is 9.59 Å². The predicted octanol–water partition coefficient (Wildman–Crippen LogP) is 6.03. The van der Waals surface area contributed by atoms with Crippen molar-refractivity contribution < 1.29 is 33.3 Å². The number of Topliss-reactive ketones (excluding diaryl/α,β-unsaturated/α-hetero) is 1. The van der Waals surface area contributed by atoms with E-state index in [4.69, 9.17) is 14.2 Å². The lowest BCUT2D eigenvalue weighted by Crippen LogP contribution is -2.29. The van der Waals surface area contributed by atoms with Crippen LogP contribution in [0.2, 0.25) is 0 Å². The normalized spacial score (nSPS) is 16.4. The van der Waals surface area contributed by atoms with Crippen molar-refractivity contribution in [1.29, 1.82) is 0 Å². The van der Waals surface area contributed by atoms with Crippen LogP contribution >= 0.6 is 11.3 Å². The molecule has 3 aromatic carbocycles. The van der Waals surface area contributed by atoms with Crippen molar-refractivity contribution in [3.63, 3.8) is 0 Å². The van der Waals surface area contributed by atoms with Crippen LogP contribution in [-0.4, -0.2) is 42.1 Å². The number of carbonyl (C=O) groups excluding carboxylic acids is 2. The van der Waals surface area contributed by atoms with Crippen LogP contribution in [0.5, 0.6) is 17.2 Å². The Labute approximate surface area is 233 Å². The van der Waals surface area contributed by atoms with E-state index < -0.39 is 29.3 Å². The molecule has 0 bridgehead atoms. The van der Waals surface area contributed by atoms with Gasteiger partial charge in [0.2, 0.25) is 0 Å². The predicted molar refractivity (Wildman–Crippen MR) is 151 cm³/mol. The lowest BCUT2D eigenvalue weighted by atomic mass is 9.95. The zero-order chi connectivity index (χ0) is 28.4. The minimum Gasteiger partial charge on any atom is -0.507 e. The molecule has 5 rings (SSSR count). The summed E-state index contributed by atoms with van der Waals surface area (Å²) in [4.78, 5) is 32.9. The minimum absolute atomic E-state index is 0.157. The Hall–Kier alpha value is -4.70. The van der Waals surface area contributed by atoms with Gasteiger partial charge in [0.15, 0.2) is 16.6 Å². The minimum atomic E-state index is -1.06. The van der Waals surface area contributed by atoms with Gasteiger partial charge >= 0.3 is 5.91 Å². The molecule has 1 aliphatic heterocycles. The Kier molecular flexibility index (Phi) is 7.52. The van der Waals surface area contributed by atoms with E-state index in [0.29, 0.717) is 34.9 Å². The molecule has 0 spiro atoms. The molecule has 1 atom stereocenters. The van der Waals surface area contributed by atoms with Gasteiger partial charge in [0.05, 0.1) is 35.5 Å². The Balaban J connectivity index is 1.71. The molecule has 4 aromatic rings. The van der Waals surface area contributed by atoms with Gasteiger partial charge in [0.25, 0.3) is 5.78 Å². The highest BCUT2D eigenvalue weighted by atomic mass is 32.1. The van der Waals surface area contributed by atoms with E-state index >= 15 is 0 Å². The summed E-state index contributed by atoms with van der Waals surface area (Å²) in [6, 6.07) is 14.3. The number of carbonyl (C=O) groups is 2. The maximum atomic E-state index is 13.6. The van der Waals surface area contributed by atoms with E-state index in [2.05, 4.69) is 11.6 Å². The number of benzene rings is 3. The second kappa shape index (κ2) is 11.2. The summed E-state index contributed by atoms with van der Waals surface area (Å²) in [6.45, 7) is 6.07. The highest BCUT2D eigenvalue weighted by Crippen LogP contribution is 2.46. The number of thiazole rings is 1. The fourth-order valence-electron chi connectivity index (χ4n) is 4.46. The van der Waals surface area contributed by atoms with Crippen LogP contribution in [0.25, 0.3) is 16.0 Å². The first kappa shape index (κ1) is 26.9. The van der Waals surface area contributed by atoms with Gasteiger partial charge in [-0.2, -0.15) is 0 Å². The first-order chi connectivity index (χ1) is 19.4. The van der Waals surface area contributed by atoms with Crippen LogP contribution in [0.1, 0.15) is 24.1 Å². The number of hydrogen-bond acceptors (Lipinski definition) is 8. The molecule has 1 unspecified atom stereocenters. The Morgan fingerprint density at radius 3 is 2.58 bits per heavy atom. The molecule has 1 saturated heterocycles. The summed E-state index contributed by atoms with van der Waals surface area (Å²) in [7, 11) is 1.55. The number of aromatic nitrogens is 1. The van der Waals surface area contributed by atoms with Crippen molar-refractivity contribution in [2.75, 3.05) is 25.2 Å². The van der Waals surface area contributed by atoms with Crippen LogP contribution < -0.4 is 19.1 Å². The van der Waals surface area contributed by atoms with Crippen molar-refractivity contribution in [2.45, 2.75) is 13.0 Å². The summed E-state index contributed by atoms with van der Waals surface area (Å²) >= 11 is 1.21. The number of aliphatic hydroxyl groups excluding tert-OH is 1. The number of ketones is 1. The molecule has 204 valence electrons. The van der Waals surface area contributed by atoms with Gasteiger partial charge in [0, 0.05) is 5.56 Å². The zero-order valence-electron chi connectivity index (χ0n) is 21.7. The van der Waals surface area contributed by atoms with Crippen LogP contribution in [0, 0.1) is 5.82 Å². The van der Waals surface area contributed by atoms with Gasteiger partial charge < -0.3 is 19.3 Å². The summed E-state index contributed by atoms with van der Waals surface area (Å²) in [5.41, 5.74) is 1.13. The topological polar surface area (TPSA) is 98.2 Å². The quantitative estimate of drug-likeness (QED) is 0.115. The van der Waals surface area contributed by atoms with E-state index in [1.165, 1.54) is 40.5 Å². The molecule has 1 N–H and O–H groups in total. The van der Waals surface area contributed by atoms with E-state index in [1.807, 2.05) is 6.92 Å².